The van der Waals surface area contributed by atoms with Crippen molar-refractivity contribution in [3.05, 3.63) is 29.0 Å². The lowest BCUT2D eigenvalue weighted by molar-refractivity contribution is 0.312. The van der Waals surface area contributed by atoms with Crippen LogP contribution in [0.4, 0.5) is 0 Å². The van der Waals surface area contributed by atoms with Crippen LogP contribution in [0.2, 0.25) is 0 Å². The number of benzene rings is 1. The van der Waals surface area contributed by atoms with Crippen LogP contribution >= 0.6 is 0 Å². The Hall–Kier alpha value is -1.92. The van der Waals surface area contributed by atoms with Crippen molar-refractivity contribution in [2.75, 3.05) is 20.2 Å². The zero-order chi connectivity index (χ0) is 16.6. The molecule has 1 N–H and O–H groups in total. The Morgan fingerprint density at radius 3 is 2.79 bits per heavy atom. The predicted molar refractivity (Wildman–Crippen MR) is 96.6 cm³/mol. The first-order chi connectivity index (χ1) is 11.8. The van der Waals surface area contributed by atoms with E-state index in [1.54, 1.807) is 7.11 Å². The van der Waals surface area contributed by atoms with Crippen molar-refractivity contribution in [2.45, 2.75) is 50.4 Å². The molecular weight excluding hydrogens is 298 g/mol. The zero-order valence-corrected chi connectivity index (χ0v) is 14.4. The topological polar surface area (TPSA) is 34.4 Å². The van der Waals surface area contributed by atoms with E-state index in [4.69, 9.17) is 15.6 Å². The highest BCUT2D eigenvalue weighted by Gasteiger charge is 2.35. The Kier molecular flexibility index (Phi) is 4.02. The van der Waals surface area contributed by atoms with Gasteiger partial charge in [0.25, 0.3) is 0 Å². The van der Waals surface area contributed by atoms with E-state index < -0.39 is 0 Å². The van der Waals surface area contributed by atoms with Gasteiger partial charge >= 0.3 is 0 Å². The first-order valence-electron chi connectivity index (χ1n) is 9.04. The van der Waals surface area contributed by atoms with E-state index in [0.29, 0.717) is 0 Å². The van der Waals surface area contributed by atoms with Crippen molar-refractivity contribution in [3.63, 3.8) is 0 Å². The average Bonchev–Trinajstić information content (AvgIpc) is 3.01. The molecule has 3 nitrogen and oxygen atoms in total. The fourth-order valence-corrected chi connectivity index (χ4v) is 4.46. The lowest BCUT2D eigenvalue weighted by atomic mass is 9.70. The number of piperidine rings is 1. The number of hydrogen-bond acceptors (Lipinski definition) is 3. The smallest absolute Gasteiger partial charge is 0.176 e. The van der Waals surface area contributed by atoms with Crippen LogP contribution in [0.5, 0.6) is 5.75 Å². The van der Waals surface area contributed by atoms with E-state index in [0.717, 1.165) is 62.3 Å². The van der Waals surface area contributed by atoms with Crippen LogP contribution in [0, 0.1) is 12.3 Å². The normalized spacial score (nSPS) is 19.7. The molecule has 1 fully saturated rings. The number of methoxy groups -OCH3 is 1. The van der Waals surface area contributed by atoms with Gasteiger partial charge < -0.3 is 14.5 Å². The molecule has 126 valence electrons. The van der Waals surface area contributed by atoms with Crippen molar-refractivity contribution in [1.29, 1.82) is 0 Å². The lowest BCUT2D eigenvalue weighted by Gasteiger charge is -2.37. The van der Waals surface area contributed by atoms with Gasteiger partial charge in [-0.1, -0.05) is 0 Å². The fraction of sp³-hybridized carbons (Fsp3) is 0.524. The molecule has 2 aromatic rings. The SMILES string of the molecule is C#CCC1(c2cc(OC)c3oc4c(c3c2)CCCC4)CCNCC1. The molecule has 3 heteroatoms. The molecule has 0 saturated carbocycles. The first-order valence-corrected chi connectivity index (χ1v) is 9.04. The van der Waals surface area contributed by atoms with Gasteiger partial charge in [-0.3, -0.25) is 0 Å². The number of aryl methyl sites for hydroxylation is 2. The van der Waals surface area contributed by atoms with Crippen molar-refractivity contribution in [3.8, 4) is 18.1 Å². The molecule has 0 unspecified atom stereocenters. The van der Waals surface area contributed by atoms with Crippen molar-refractivity contribution in [1.82, 2.24) is 5.32 Å². The van der Waals surface area contributed by atoms with Crippen LogP contribution in [0.1, 0.15) is 49.0 Å². The van der Waals surface area contributed by atoms with Gasteiger partial charge in [-0.25, -0.2) is 0 Å². The number of terminal acetylenes is 1. The van der Waals surface area contributed by atoms with Gasteiger partial charge in [0.2, 0.25) is 0 Å². The highest BCUT2D eigenvalue weighted by Crippen LogP contribution is 2.43. The summed E-state index contributed by atoms with van der Waals surface area (Å²) in [6.07, 6.45) is 13.3. The molecule has 1 aliphatic heterocycles. The third-order valence-corrected chi connectivity index (χ3v) is 5.86. The minimum Gasteiger partial charge on any atom is -0.493 e. The Balaban J connectivity index is 1.90. The minimum atomic E-state index is 0.0558. The summed E-state index contributed by atoms with van der Waals surface area (Å²) >= 11 is 0. The maximum Gasteiger partial charge on any atom is 0.176 e. The van der Waals surface area contributed by atoms with E-state index in [1.807, 2.05) is 0 Å². The van der Waals surface area contributed by atoms with Crippen LogP contribution < -0.4 is 10.1 Å². The van der Waals surface area contributed by atoms with Gasteiger partial charge in [0.1, 0.15) is 5.76 Å². The maximum atomic E-state index is 6.17. The molecule has 1 aliphatic carbocycles. The molecule has 2 heterocycles. The molecule has 0 radical (unpaired) electrons. The van der Waals surface area contributed by atoms with Crippen LogP contribution in [-0.2, 0) is 18.3 Å². The summed E-state index contributed by atoms with van der Waals surface area (Å²) in [5, 5.41) is 4.70. The number of furan rings is 1. The predicted octanol–water partition coefficient (Wildman–Crippen LogP) is 3.96. The molecular formula is C21H25NO2. The second-order valence-electron chi connectivity index (χ2n) is 7.18. The summed E-state index contributed by atoms with van der Waals surface area (Å²) in [4.78, 5) is 0. The molecule has 1 aromatic heterocycles. The molecule has 0 bridgehead atoms. The summed E-state index contributed by atoms with van der Waals surface area (Å²) < 4.78 is 11.9. The standard InChI is InChI=1S/C21H25NO2/c1-3-8-21(9-11-22-12-10-21)15-13-17-16-6-4-5-7-18(16)24-20(17)19(14-15)23-2/h1,13-14,22H,4-12H2,2H3. The zero-order valence-electron chi connectivity index (χ0n) is 14.4. The van der Waals surface area contributed by atoms with E-state index in [2.05, 4.69) is 23.4 Å². The van der Waals surface area contributed by atoms with E-state index in [9.17, 15) is 0 Å². The molecule has 0 amide bonds. The van der Waals surface area contributed by atoms with Crippen molar-refractivity contribution in [2.24, 2.45) is 0 Å². The van der Waals surface area contributed by atoms with Crippen molar-refractivity contribution >= 4 is 11.0 Å². The number of rotatable bonds is 3. The Labute approximate surface area is 143 Å². The molecule has 24 heavy (non-hydrogen) atoms. The monoisotopic (exact) mass is 323 g/mol. The third-order valence-electron chi connectivity index (χ3n) is 5.86. The summed E-state index contributed by atoms with van der Waals surface area (Å²) in [6.45, 7) is 2.04. The molecule has 0 spiro atoms. The summed E-state index contributed by atoms with van der Waals surface area (Å²) in [5.74, 6) is 4.94. The molecule has 1 saturated heterocycles. The van der Waals surface area contributed by atoms with Crippen LogP contribution in [-0.4, -0.2) is 20.2 Å². The van der Waals surface area contributed by atoms with Crippen molar-refractivity contribution < 1.29 is 9.15 Å². The molecule has 2 aliphatic rings. The maximum absolute atomic E-state index is 6.17. The largest absolute Gasteiger partial charge is 0.493 e. The highest BCUT2D eigenvalue weighted by atomic mass is 16.5. The van der Waals surface area contributed by atoms with E-state index >= 15 is 0 Å². The lowest BCUT2D eigenvalue weighted by Crippen LogP contribution is -2.39. The van der Waals surface area contributed by atoms with Gasteiger partial charge in [0.05, 0.1) is 7.11 Å². The second-order valence-corrected chi connectivity index (χ2v) is 7.18. The Morgan fingerprint density at radius 2 is 2.04 bits per heavy atom. The minimum absolute atomic E-state index is 0.0558. The van der Waals surface area contributed by atoms with Crippen LogP contribution in [0.15, 0.2) is 16.5 Å². The van der Waals surface area contributed by atoms with E-state index in [1.165, 1.54) is 29.4 Å². The van der Waals surface area contributed by atoms with Gasteiger partial charge in [-0.2, -0.15) is 0 Å². The number of ether oxygens (including phenoxy) is 1. The van der Waals surface area contributed by atoms with Crippen LogP contribution in [0.3, 0.4) is 0 Å². The van der Waals surface area contributed by atoms with Gasteiger partial charge in [-0.05, 0) is 62.9 Å². The Bertz CT molecular complexity index is 790. The van der Waals surface area contributed by atoms with Gasteiger partial charge in [-0.15, -0.1) is 12.3 Å². The summed E-state index contributed by atoms with van der Waals surface area (Å²) in [6, 6.07) is 4.51. The molecule has 4 rings (SSSR count). The highest BCUT2D eigenvalue weighted by molar-refractivity contribution is 5.88. The Morgan fingerprint density at radius 1 is 1.25 bits per heavy atom. The second kappa shape index (κ2) is 6.18. The number of hydrogen-bond donors (Lipinski definition) is 1. The quantitative estimate of drug-likeness (QED) is 0.868. The van der Waals surface area contributed by atoms with Crippen LogP contribution in [0.25, 0.3) is 11.0 Å². The summed E-state index contributed by atoms with van der Waals surface area (Å²) in [7, 11) is 1.73. The van der Waals surface area contributed by atoms with Gasteiger partial charge in [0.15, 0.2) is 11.3 Å². The van der Waals surface area contributed by atoms with Gasteiger partial charge in [0, 0.05) is 29.2 Å². The fourth-order valence-electron chi connectivity index (χ4n) is 4.46. The number of nitrogens with one attached hydrogen (secondary N) is 1. The van der Waals surface area contributed by atoms with E-state index in [-0.39, 0.29) is 5.41 Å². The molecule has 1 aromatic carbocycles. The average molecular weight is 323 g/mol. The molecule has 0 atom stereocenters. The summed E-state index contributed by atoms with van der Waals surface area (Å²) in [5.41, 5.74) is 3.68. The third kappa shape index (κ3) is 2.41. The first kappa shape index (κ1) is 15.6. The number of fused-ring (bicyclic) bond motifs is 3.